The molecule has 0 spiro atoms. The first-order valence-electron chi connectivity index (χ1n) is 11.9. The van der Waals surface area contributed by atoms with Crippen LogP contribution in [-0.2, 0) is 0 Å². The molecule has 10 heteroatoms. The average molecular weight is 503 g/mol. The zero-order chi connectivity index (χ0) is 25.7. The van der Waals surface area contributed by atoms with Crippen molar-refractivity contribution in [1.82, 2.24) is 14.9 Å². The number of hydrogen-bond acceptors (Lipinski definition) is 4. The van der Waals surface area contributed by atoms with Gasteiger partial charge in [-0.05, 0) is 62.8 Å². The van der Waals surface area contributed by atoms with Gasteiger partial charge in [0.2, 0.25) is 5.43 Å². The lowest BCUT2D eigenvalue weighted by atomic mass is 9.64. The maximum atomic E-state index is 14.8. The molecule has 2 heterocycles. The van der Waals surface area contributed by atoms with E-state index in [-0.39, 0.29) is 28.8 Å². The van der Waals surface area contributed by atoms with Gasteiger partial charge in [-0.3, -0.25) is 14.2 Å². The summed E-state index contributed by atoms with van der Waals surface area (Å²) in [5.74, 6) is -1.99. The second-order valence-electron chi connectivity index (χ2n) is 9.87. The summed E-state index contributed by atoms with van der Waals surface area (Å²) in [5.41, 5.74) is -2.66. The molecule has 3 aromatic rings. The van der Waals surface area contributed by atoms with Gasteiger partial charge in [0.05, 0.1) is 11.1 Å². The Morgan fingerprint density at radius 2 is 1.81 bits per heavy atom. The van der Waals surface area contributed by atoms with E-state index < -0.39 is 40.9 Å². The molecule has 2 aromatic heterocycles. The molecule has 1 aromatic carbocycles. The zero-order valence-electron chi connectivity index (χ0n) is 19.8. The summed E-state index contributed by atoms with van der Waals surface area (Å²) in [6, 6.07) is 5.93. The molecule has 0 atom stereocenters. The van der Waals surface area contributed by atoms with Crippen molar-refractivity contribution in [2.24, 2.45) is 0 Å². The zero-order valence-corrected chi connectivity index (χ0v) is 19.8. The van der Waals surface area contributed by atoms with Gasteiger partial charge in [-0.1, -0.05) is 0 Å². The molecule has 0 radical (unpaired) electrons. The van der Waals surface area contributed by atoms with Gasteiger partial charge in [0.1, 0.15) is 35.4 Å². The van der Waals surface area contributed by atoms with Gasteiger partial charge in [0.15, 0.2) is 5.65 Å². The molecule has 3 saturated carbocycles. The van der Waals surface area contributed by atoms with E-state index in [2.05, 4.69) is 10.3 Å². The van der Waals surface area contributed by atoms with E-state index in [1.54, 1.807) is 7.05 Å². The van der Waals surface area contributed by atoms with E-state index in [0.29, 0.717) is 50.4 Å². The summed E-state index contributed by atoms with van der Waals surface area (Å²) in [7, 11) is 1.62. The van der Waals surface area contributed by atoms with Crippen LogP contribution in [0.1, 0.15) is 48.9 Å². The summed E-state index contributed by atoms with van der Waals surface area (Å²) in [6.07, 6.45) is 3.71. The Hall–Kier alpha value is -3.43. The first-order chi connectivity index (χ1) is 17.1. The van der Waals surface area contributed by atoms with Crippen LogP contribution in [-0.4, -0.2) is 46.9 Å². The fourth-order valence-corrected chi connectivity index (χ4v) is 5.30. The largest absolute Gasteiger partial charge is 0.357 e. The molecule has 1 amide bonds. The number of anilines is 1. The molecular formula is C26H26F4N4O2. The van der Waals surface area contributed by atoms with Crippen LogP contribution in [0.3, 0.4) is 0 Å². The molecule has 3 aliphatic carbocycles. The fourth-order valence-electron chi connectivity index (χ4n) is 5.30. The molecule has 1 N–H and O–H groups in total. The molecule has 0 aliphatic heterocycles. The van der Waals surface area contributed by atoms with Gasteiger partial charge in [0.25, 0.3) is 5.91 Å². The monoisotopic (exact) mass is 502 g/mol. The maximum Gasteiger partial charge on any atom is 0.257 e. The van der Waals surface area contributed by atoms with Gasteiger partial charge >= 0.3 is 0 Å². The molecule has 190 valence electrons. The Kier molecular flexibility index (Phi) is 6.00. The van der Waals surface area contributed by atoms with Crippen LogP contribution < -0.4 is 15.6 Å². The number of fused-ring (bicyclic) bond motifs is 4. The van der Waals surface area contributed by atoms with Crippen LogP contribution in [0.5, 0.6) is 0 Å². The Bertz CT molecular complexity index is 1380. The standard InChI is InChI=1S/C26H26F4N4O2/c1-33(13-12-27)21-5-3-17-22(35)18(24(36)32-26-9-6-25(30,7-10-26)8-11-26)15-34(23(17)31-21)20-4-2-16(28)14-19(20)29/h2-5,14-15H,6-13H2,1H3,(H,32,36). The number of hydrogen-bond donors (Lipinski definition) is 1. The topological polar surface area (TPSA) is 67.2 Å². The van der Waals surface area contributed by atoms with Gasteiger partial charge < -0.3 is 10.2 Å². The minimum absolute atomic E-state index is 0.0426. The van der Waals surface area contributed by atoms with Crippen molar-refractivity contribution in [3.8, 4) is 5.69 Å². The van der Waals surface area contributed by atoms with Crippen molar-refractivity contribution >= 4 is 22.8 Å². The lowest BCUT2D eigenvalue weighted by Crippen LogP contribution is -2.58. The number of alkyl halides is 2. The molecule has 6 nitrogen and oxygen atoms in total. The molecule has 2 bridgehead atoms. The van der Waals surface area contributed by atoms with Gasteiger partial charge in [-0.2, -0.15) is 0 Å². The predicted molar refractivity (Wildman–Crippen MR) is 128 cm³/mol. The van der Waals surface area contributed by atoms with Crippen molar-refractivity contribution in [2.45, 2.75) is 49.7 Å². The van der Waals surface area contributed by atoms with Crippen LogP contribution in [0, 0.1) is 11.6 Å². The van der Waals surface area contributed by atoms with Gasteiger partial charge in [-0.25, -0.2) is 22.5 Å². The van der Waals surface area contributed by atoms with Crippen molar-refractivity contribution < 1.29 is 22.4 Å². The third-order valence-electron chi connectivity index (χ3n) is 7.59. The van der Waals surface area contributed by atoms with Gasteiger partial charge in [0, 0.05) is 31.4 Å². The maximum absolute atomic E-state index is 14.8. The first kappa shape index (κ1) is 24.3. The van der Waals surface area contributed by atoms with Crippen molar-refractivity contribution in [3.05, 3.63) is 63.9 Å². The second-order valence-corrected chi connectivity index (χ2v) is 9.87. The number of carbonyl (C=O) groups excluding carboxylic acids is 1. The number of nitrogens with one attached hydrogen (secondary N) is 1. The highest BCUT2D eigenvalue weighted by Crippen LogP contribution is 2.49. The Labute approximate surface area is 204 Å². The lowest BCUT2D eigenvalue weighted by Gasteiger charge is -2.49. The van der Waals surface area contributed by atoms with Crippen LogP contribution in [0.4, 0.5) is 23.4 Å². The highest BCUT2D eigenvalue weighted by molar-refractivity contribution is 5.97. The molecule has 0 unspecified atom stereocenters. The van der Waals surface area contributed by atoms with Gasteiger partial charge in [-0.15, -0.1) is 0 Å². The van der Waals surface area contributed by atoms with E-state index in [1.807, 2.05) is 0 Å². The SMILES string of the molecule is CN(CCF)c1ccc2c(=O)c(C(=O)NC34CCC(F)(CC3)CC4)cn(-c3ccc(F)cc3F)c2n1. The summed E-state index contributed by atoms with van der Waals surface area (Å²) in [5, 5.41) is 3.02. The summed E-state index contributed by atoms with van der Waals surface area (Å²) >= 11 is 0. The first-order valence-corrected chi connectivity index (χ1v) is 11.9. The van der Waals surface area contributed by atoms with E-state index in [1.165, 1.54) is 33.9 Å². The van der Waals surface area contributed by atoms with Crippen LogP contribution in [0.2, 0.25) is 0 Å². The van der Waals surface area contributed by atoms with E-state index in [0.717, 1.165) is 6.07 Å². The summed E-state index contributed by atoms with van der Waals surface area (Å²) in [6.45, 7) is -0.573. The van der Waals surface area contributed by atoms with Crippen LogP contribution >= 0.6 is 0 Å². The highest BCUT2D eigenvalue weighted by Gasteiger charge is 2.49. The third kappa shape index (κ3) is 4.22. The normalized spacial score (nSPS) is 23.1. The average Bonchev–Trinajstić information content (AvgIpc) is 2.85. The molecule has 6 rings (SSSR count). The molecule has 36 heavy (non-hydrogen) atoms. The lowest BCUT2D eigenvalue weighted by molar-refractivity contribution is -0.00653. The van der Waals surface area contributed by atoms with Crippen molar-refractivity contribution in [1.29, 1.82) is 0 Å². The number of amides is 1. The number of pyridine rings is 2. The predicted octanol–water partition coefficient (Wildman–Crippen LogP) is 4.61. The number of halogens is 4. The molecular weight excluding hydrogens is 476 g/mol. The number of carbonyl (C=O) groups is 1. The minimum Gasteiger partial charge on any atom is -0.357 e. The number of aromatic nitrogens is 2. The van der Waals surface area contributed by atoms with Crippen molar-refractivity contribution in [2.75, 3.05) is 25.2 Å². The Balaban J connectivity index is 1.63. The number of nitrogens with zero attached hydrogens (tertiary/aromatic N) is 3. The van der Waals surface area contributed by atoms with Crippen LogP contribution in [0.15, 0.2) is 41.3 Å². The second kappa shape index (κ2) is 8.90. The molecule has 3 aliphatic rings. The Morgan fingerprint density at radius 1 is 1.11 bits per heavy atom. The van der Waals surface area contributed by atoms with Crippen LogP contribution in [0.25, 0.3) is 16.7 Å². The van der Waals surface area contributed by atoms with Crippen molar-refractivity contribution in [3.63, 3.8) is 0 Å². The summed E-state index contributed by atoms with van der Waals surface area (Å²) < 4.78 is 57.2. The minimum atomic E-state index is -1.18. The number of rotatable bonds is 6. The summed E-state index contributed by atoms with van der Waals surface area (Å²) in [4.78, 5) is 32.7. The Morgan fingerprint density at radius 3 is 2.44 bits per heavy atom. The quantitative estimate of drug-likeness (QED) is 0.500. The molecule has 3 fully saturated rings. The van der Waals surface area contributed by atoms with E-state index in [9.17, 15) is 27.2 Å². The third-order valence-corrected chi connectivity index (χ3v) is 7.59. The number of benzene rings is 1. The van der Waals surface area contributed by atoms with E-state index in [4.69, 9.17) is 0 Å². The smallest absolute Gasteiger partial charge is 0.257 e. The molecule has 0 saturated heterocycles. The van der Waals surface area contributed by atoms with E-state index >= 15 is 0 Å². The highest BCUT2D eigenvalue weighted by atomic mass is 19.1. The fraction of sp³-hybridized carbons (Fsp3) is 0.423.